The zero-order chi connectivity index (χ0) is 13.8. The van der Waals surface area contributed by atoms with Gasteiger partial charge >= 0.3 is 6.01 Å². The second-order valence-electron chi connectivity index (χ2n) is 4.80. The fourth-order valence-corrected chi connectivity index (χ4v) is 1.76. The summed E-state index contributed by atoms with van der Waals surface area (Å²) >= 11 is 0. The number of benzene rings is 1. The Bertz CT molecular complexity index is 567. The number of nitrogens with two attached hydrogens (primary N) is 1. The quantitative estimate of drug-likeness (QED) is 0.914. The van der Waals surface area contributed by atoms with Crippen molar-refractivity contribution in [2.24, 2.45) is 5.73 Å². The highest BCUT2D eigenvalue weighted by atomic mass is 16.5. The fraction of sp³-hybridized carbons (Fsp3) is 0.333. The summed E-state index contributed by atoms with van der Waals surface area (Å²) in [4.78, 5) is 8.47. The average Bonchev–Trinajstić information content (AvgIpc) is 2.39. The predicted octanol–water partition coefficient (Wildman–Crippen LogP) is 3.16. The van der Waals surface area contributed by atoms with Crippen molar-refractivity contribution in [3.05, 3.63) is 47.3 Å². The molecular weight excluding hydrogens is 238 g/mol. The van der Waals surface area contributed by atoms with Gasteiger partial charge in [0.25, 0.3) is 0 Å². The van der Waals surface area contributed by atoms with Crippen LogP contribution in [0.4, 0.5) is 0 Å². The van der Waals surface area contributed by atoms with Crippen LogP contribution in [0.2, 0.25) is 0 Å². The van der Waals surface area contributed by atoms with Crippen LogP contribution in [0.5, 0.6) is 11.8 Å². The van der Waals surface area contributed by atoms with Crippen LogP contribution in [-0.4, -0.2) is 9.97 Å². The summed E-state index contributed by atoms with van der Waals surface area (Å²) in [6, 6.07) is 8.34. The third-order valence-corrected chi connectivity index (χ3v) is 3.01. The van der Waals surface area contributed by atoms with E-state index in [0.29, 0.717) is 18.5 Å². The Balaban J connectivity index is 2.21. The monoisotopic (exact) mass is 257 g/mol. The van der Waals surface area contributed by atoms with Crippen molar-refractivity contribution in [1.82, 2.24) is 9.97 Å². The Morgan fingerprint density at radius 3 is 2.74 bits per heavy atom. The lowest BCUT2D eigenvalue weighted by atomic mass is 10.0. The molecule has 1 aromatic heterocycles. The standard InChI is InChI=1S/C15H19N3O/c1-10(2)12-5-4-6-14(7-12)19-15-17-9-13(8-16)11(3)18-15/h4-7,9-10H,8,16H2,1-3H3. The first-order valence-corrected chi connectivity index (χ1v) is 6.40. The molecule has 0 saturated carbocycles. The molecule has 2 N–H and O–H groups in total. The number of ether oxygens (including phenoxy) is 1. The van der Waals surface area contributed by atoms with Gasteiger partial charge in [-0.2, -0.15) is 4.98 Å². The van der Waals surface area contributed by atoms with Crippen LogP contribution in [0.3, 0.4) is 0 Å². The zero-order valence-corrected chi connectivity index (χ0v) is 11.6. The van der Waals surface area contributed by atoms with Gasteiger partial charge in [0.15, 0.2) is 0 Å². The predicted molar refractivity (Wildman–Crippen MR) is 75.3 cm³/mol. The number of hydrogen-bond acceptors (Lipinski definition) is 4. The van der Waals surface area contributed by atoms with Crippen molar-refractivity contribution >= 4 is 0 Å². The third kappa shape index (κ3) is 3.29. The Hall–Kier alpha value is -1.94. The molecule has 0 atom stereocenters. The van der Waals surface area contributed by atoms with Crippen molar-refractivity contribution < 1.29 is 4.74 Å². The van der Waals surface area contributed by atoms with E-state index >= 15 is 0 Å². The normalized spacial score (nSPS) is 10.8. The van der Waals surface area contributed by atoms with Crippen LogP contribution in [0, 0.1) is 6.92 Å². The average molecular weight is 257 g/mol. The summed E-state index contributed by atoms with van der Waals surface area (Å²) in [5.41, 5.74) is 8.60. The molecule has 4 nitrogen and oxygen atoms in total. The van der Waals surface area contributed by atoms with Crippen molar-refractivity contribution in [2.75, 3.05) is 0 Å². The minimum absolute atomic E-state index is 0.357. The van der Waals surface area contributed by atoms with Gasteiger partial charge in [-0.15, -0.1) is 0 Å². The van der Waals surface area contributed by atoms with Crippen LogP contribution < -0.4 is 10.5 Å². The molecule has 19 heavy (non-hydrogen) atoms. The number of aromatic nitrogens is 2. The van der Waals surface area contributed by atoms with Gasteiger partial charge in [0.1, 0.15) is 5.75 Å². The molecule has 100 valence electrons. The van der Waals surface area contributed by atoms with Crippen LogP contribution >= 0.6 is 0 Å². The molecule has 2 aromatic rings. The third-order valence-electron chi connectivity index (χ3n) is 3.01. The van der Waals surface area contributed by atoms with E-state index in [1.54, 1.807) is 6.20 Å². The maximum Gasteiger partial charge on any atom is 0.322 e. The summed E-state index contributed by atoms with van der Waals surface area (Å²) in [6.07, 6.45) is 1.71. The molecule has 4 heteroatoms. The van der Waals surface area contributed by atoms with Crippen LogP contribution in [0.15, 0.2) is 30.5 Å². The van der Waals surface area contributed by atoms with E-state index in [4.69, 9.17) is 10.5 Å². The van der Waals surface area contributed by atoms with Gasteiger partial charge in [-0.25, -0.2) is 4.98 Å². The molecular formula is C15H19N3O. The number of rotatable bonds is 4. The van der Waals surface area contributed by atoms with Crippen LogP contribution in [0.1, 0.15) is 36.6 Å². The molecule has 0 fully saturated rings. The van der Waals surface area contributed by atoms with E-state index in [9.17, 15) is 0 Å². The highest BCUT2D eigenvalue weighted by molar-refractivity contribution is 5.32. The zero-order valence-electron chi connectivity index (χ0n) is 11.6. The molecule has 0 aliphatic heterocycles. The van der Waals surface area contributed by atoms with Gasteiger partial charge in [-0.3, -0.25) is 0 Å². The van der Waals surface area contributed by atoms with Crippen LogP contribution in [0.25, 0.3) is 0 Å². The van der Waals surface area contributed by atoms with Crippen LogP contribution in [-0.2, 0) is 6.54 Å². The number of hydrogen-bond donors (Lipinski definition) is 1. The Kier molecular flexibility index (Phi) is 4.12. The van der Waals surface area contributed by atoms with E-state index in [0.717, 1.165) is 17.0 Å². The molecule has 0 aliphatic rings. The summed E-state index contributed by atoms with van der Waals surface area (Å²) in [6.45, 7) is 6.64. The Morgan fingerprint density at radius 1 is 1.32 bits per heavy atom. The molecule has 1 aromatic carbocycles. The van der Waals surface area contributed by atoms with Gasteiger partial charge in [0, 0.05) is 24.0 Å². The van der Waals surface area contributed by atoms with Crippen molar-refractivity contribution in [3.8, 4) is 11.8 Å². The minimum Gasteiger partial charge on any atom is -0.424 e. The second kappa shape index (κ2) is 5.80. The maximum atomic E-state index is 5.69. The second-order valence-corrected chi connectivity index (χ2v) is 4.80. The molecule has 0 unspecified atom stereocenters. The lowest BCUT2D eigenvalue weighted by Gasteiger charge is -2.09. The van der Waals surface area contributed by atoms with Gasteiger partial charge in [-0.05, 0) is 30.5 Å². The Labute approximate surface area is 113 Å². The number of aryl methyl sites for hydroxylation is 1. The summed E-state index contributed by atoms with van der Waals surface area (Å²) < 4.78 is 5.69. The highest BCUT2D eigenvalue weighted by Gasteiger charge is 2.06. The lowest BCUT2D eigenvalue weighted by Crippen LogP contribution is -2.03. The van der Waals surface area contributed by atoms with Gasteiger partial charge in [0.05, 0.1) is 0 Å². The first-order valence-electron chi connectivity index (χ1n) is 6.40. The summed E-state index contributed by atoms with van der Waals surface area (Å²) in [5.74, 6) is 1.22. The molecule has 0 saturated heterocycles. The molecule has 0 bridgehead atoms. The SMILES string of the molecule is Cc1nc(Oc2cccc(C(C)C)c2)ncc1CN. The van der Waals surface area contributed by atoms with Gasteiger partial charge in [0.2, 0.25) is 0 Å². The topological polar surface area (TPSA) is 61.0 Å². The van der Waals surface area contributed by atoms with E-state index in [2.05, 4.69) is 29.9 Å². The molecule has 0 radical (unpaired) electrons. The highest BCUT2D eigenvalue weighted by Crippen LogP contribution is 2.23. The van der Waals surface area contributed by atoms with Crippen molar-refractivity contribution in [2.45, 2.75) is 33.2 Å². The van der Waals surface area contributed by atoms with E-state index in [-0.39, 0.29) is 0 Å². The van der Waals surface area contributed by atoms with Crippen molar-refractivity contribution in [3.63, 3.8) is 0 Å². The van der Waals surface area contributed by atoms with Gasteiger partial charge < -0.3 is 10.5 Å². The largest absolute Gasteiger partial charge is 0.424 e. The van der Waals surface area contributed by atoms with Crippen molar-refractivity contribution in [1.29, 1.82) is 0 Å². The fourth-order valence-electron chi connectivity index (χ4n) is 1.76. The Morgan fingerprint density at radius 2 is 2.11 bits per heavy atom. The molecule has 0 aliphatic carbocycles. The van der Waals surface area contributed by atoms with E-state index in [1.807, 2.05) is 25.1 Å². The smallest absolute Gasteiger partial charge is 0.322 e. The molecule has 0 amide bonds. The minimum atomic E-state index is 0.357. The summed E-state index contributed by atoms with van der Waals surface area (Å²) in [7, 11) is 0. The number of nitrogens with zero attached hydrogens (tertiary/aromatic N) is 2. The first-order chi connectivity index (χ1) is 9.10. The van der Waals surface area contributed by atoms with E-state index < -0.39 is 0 Å². The van der Waals surface area contributed by atoms with E-state index in [1.165, 1.54) is 5.56 Å². The first kappa shape index (κ1) is 13.5. The maximum absolute atomic E-state index is 5.69. The molecule has 0 spiro atoms. The van der Waals surface area contributed by atoms with Gasteiger partial charge in [-0.1, -0.05) is 26.0 Å². The lowest BCUT2D eigenvalue weighted by molar-refractivity contribution is 0.438. The molecule has 1 heterocycles. The summed E-state index contributed by atoms with van der Waals surface area (Å²) in [5, 5.41) is 0. The molecule has 2 rings (SSSR count).